The molecule has 0 saturated carbocycles. The Hall–Kier alpha value is -1.00. The first-order chi connectivity index (χ1) is 5.41. The first kappa shape index (κ1) is 9.09. The summed E-state index contributed by atoms with van der Waals surface area (Å²) in [6.07, 6.45) is -3.25. The monoisotopic (exact) mass is 180 g/mol. The molecule has 1 unspecified atom stereocenters. The summed E-state index contributed by atoms with van der Waals surface area (Å²) in [4.78, 5) is 10.5. The summed E-state index contributed by atoms with van der Waals surface area (Å²) in [5, 5.41) is 0. The zero-order valence-electron chi connectivity index (χ0n) is 6.31. The number of halogens is 3. The van der Waals surface area contributed by atoms with Gasteiger partial charge in [0.2, 0.25) is 5.60 Å². The number of ether oxygens (including phenoxy) is 1. The number of carbonyl (C=O) groups excluding carboxylic acids is 1. The third-order valence-corrected chi connectivity index (χ3v) is 1.78. The van der Waals surface area contributed by atoms with Crippen molar-refractivity contribution in [3.05, 3.63) is 12.2 Å². The Morgan fingerprint density at radius 2 is 2.17 bits per heavy atom. The van der Waals surface area contributed by atoms with Gasteiger partial charge in [-0.15, -0.1) is 0 Å². The van der Waals surface area contributed by atoms with Crippen molar-refractivity contribution in [2.75, 3.05) is 0 Å². The molecule has 0 bridgehead atoms. The quantitative estimate of drug-likeness (QED) is 0.575. The van der Waals surface area contributed by atoms with Crippen LogP contribution in [0.3, 0.4) is 0 Å². The smallest absolute Gasteiger partial charge is 0.432 e. The molecule has 0 saturated heterocycles. The zero-order valence-corrected chi connectivity index (χ0v) is 6.31. The number of hydrogen-bond acceptors (Lipinski definition) is 2. The second kappa shape index (κ2) is 2.50. The van der Waals surface area contributed by atoms with E-state index in [2.05, 4.69) is 4.74 Å². The summed E-state index contributed by atoms with van der Waals surface area (Å²) in [5.74, 6) is -0.936. The van der Waals surface area contributed by atoms with E-state index < -0.39 is 17.7 Å². The highest BCUT2D eigenvalue weighted by molar-refractivity contribution is 5.85. The molecule has 1 aliphatic rings. The molecule has 5 heteroatoms. The Morgan fingerprint density at radius 3 is 2.33 bits per heavy atom. The average molecular weight is 180 g/mol. The second-order valence-corrected chi connectivity index (χ2v) is 2.50. The van der Waals surface area contributed by atoms with Crippen LogP contribution in [0.4, 0.5) is 13.2 Å². The molecule has 68 valence electrons. The van der Waals surface area contributed by atoms with Crippen molar-refractivity contribution in [2.24, 2.45) is 0 Å². The van der Waals surface area contributed by atoms with Gasteiger partial charge in [0.25, 0.3) is 0 Å². The summed E-state index contributed by atoms with van der Waals surface area (Å²) < 4.78 is 41.0. The van der Waals surface area contributed by atoms with E-state index in [0.717, 1.165) is 12.2 Å². The van der Waals surface area contributed by atoms with Gasteiger partial charge in [-0.05, 0) is 12.5 Å². The minimum Gasteiger partial charge on any atom is -0.442 e. The van der Waals surface area contributed by atoms with E-state index in [1.165, 1.54) is 6.92 Å². The Balaban J connectivity index is 2.94. The molecule has 1 aliphatic heterocycles. The maximum absolute atomic E-state index is 12.3. The molecule has 0 aromatic carbocycles. The number of esters is 1. The lowest BCUT2D eigenvalue weighted by molar-refractivity contribution is -0.246. The summed E-state index contributed by atoms with van der Waals surface area (Å²) in [6, 6.07) is 0. The topological polar surface area (TPSA) is 26.3 Å². The predicted molar refractivity (Wildman–Crippen MR) is 34.3 cm³/mol. The van der Waals surface area contributed by atoms with Gasteiger partial charge >= 0.3 is 12.1 Å². The minimum atomic E-state index is -4.52. The lowest BCUT2D eigenvalue weighted by Gasteiger charge is -2.27. The second-order valence-electron chi connectivity index (χ2n) is 2.50. The molecular weight excluding hydrogens is 173 g/mol. The summed E-state index contributed by atoms with van der Waals surface area (Å²) >= 11 is 0. The van der Waals surface area contributed by atoms with Crippen molar-refractivity contribution < 1.29 is 22.7 Å². The highest BCUT2D eigenvalue weighted by atomic mass is 19.4. The van der Waals surface area contributed by atoms with Crippen LogP contribution in [-0.2, 0) is 9.53 Å². The number of rotatable bonds is 1. The Kier molecular flexibility index (Phi) is 1.89. The standard InChI is InChI=1S/C7H7F3O2/c1-2-6(7(8,9)10)4-3-5(11)12-6/h3-4H,2H2,1H3. The van der Waals surface area contributed by atoms with Crippen molar-refractivity contribution in [3.63, 3.8) is 0 Å². The molecule has 0 N–H and O–H groups in total. The van der Waals surface area contributed by atoms with Gasteiger partial charge in [-0.2, -0.15) is 13.2 Å². The molecule has 1 rings (SSSR count). The maximum Gasteiger partial charge on any atom is 0.432 e. The third-order valence-electron chi connectivity index (χ3n) is 1.78. The van der Waals surface area contributed by atoms with E-state index in [1.807, 2.05) is 0 Å². The lowest BCUT2D eigenvalue weighted by atomic mass is 10.0. The molecule has 0 amide bonds. The van der Waals surface area contributed by atoms with Crippen molar-refractivity contribution in [3.8, 4) is 0 Å². The van der Waals surface area contributed by atoms with Gasteiger partial charge in [-0.25, -0.2) is 4.79 Å². The van der Waals surface area contributed by atoms with Gasteiger partial charge in [0, 0.05) is 6.08 Å². The van der Waals surface area contributed by atoms with Crippen LogP contribution in [0.1, 0.15) is 13.3 Å². The summed E-state index contributed by atoms with van der Waals surface area (Å²) in [6.45, 7) is 1.32. The van der Waals surface area contributed by atoms with Gasteiger partial charge < -0.3 is 4.74 Å². The van der Waals surface area contributed by atoms with Crippen LogP contribution < -0.4 is 0 Å². The highest BCUT2D eigenvalue weighted by Crippen LogP contribution is 2.40. The van der Waals surface area contributed by atoms with E-state index in [0.29, 0.717) is 0 Å². The molecule has 2 nitrogen and oxygen atoms in total. The van der Waals surface area contributed by atoms with Crippen molar-refractivity contribution in [2.45, 2.75) is 25.1 Å². The fourth-order valence-corrected chi connectivity index (χ4v) is 0.993. The molecule has 0 fully saturated rings. The number of alkyl halides is 3. The molecule has 1 heterocycles. The van der Waals surface area contributed by atoms with Gasteiger partial charge in [0.1, 0.15) is 0 Å². The van der Waals surface area contributed by atoms with Crippen LogP contribution in [0.25, 0.3) is 0 Å². The molecule has 1 atom stereocenters. The summed E-state index contributed by atoms with van der Waals surface area (Å²) in [5.41, 5.74) is -2.38. The number of carbonyl (C=O) groups is 1. The van der Waals surface area contributed by atoms with Crippen molar-refractivity contribution in [1.29, 1.82) is 0 Å². The van der Waals surface area contributed by atoms with Crippen LogP contribution >= 0.6 is 0 Å². The van der Waals surface area contributed by atoms with Gasteiger partial charge in [0.15, 0.2) is 0 Å². The molecule has 0 radical (unpaired) electrons. The van der Waals surface area contributed by atoms with E-state index in [-0.39, 0.29) is 6.42 Å². The lowest BCUT2D eigenvalue weighted by Crippen LogP contribution is -2.43. The Bertz CT molecular complexity index is 231. The summed E-state index contributed by atoms with van der Waals surface area (Å²) in [7, 11) is 0. The number of cyclic esters (lactones) is 1. The van der Waals surface area contributed by atoms with Crippen LogP contribution in [-0.4, -0.2) is 17.7 Å². The molecule has 0 aromatic rings. The van der Waals surface area contributed by atoms with E-state index in [1.54, 1.807) is 0 Å². The zero-order chi connectivity index (χ0) is 9.41. The van der Waals surface area contributed by atoms with Gasteiger partial charge in [-0.3, -0.25) is 0 Å². The van der Waals surface area contributed by atoms with Gasteiger partial charge in [0.05, 0.1) is 0 Å². The SMILES string of the molecule is CCC1(C(F)(F)F)C=CC(=O)O1. The first-order valence-electron chi connectivity index (χ1n) is 3.40. The fraction of sp³-hybridized carbons (Fsp3) is 0.571. The number of hydrogen-bond donors (Lipinski definition) is 0. The van der Waals surface area contributed by atoms with Crippen LogP contribution in [0.2, 0.25) is 0 Å². The minimum absolute atomic E-state index is 0.293. The average Bonchev–Trinajstić information content (AvgIpc) is 2.31. The Morgan fingerprint density at radius 1 is 1.58 bits per heavy atom. The predicted octanol–water partition coefficient (Wildman–Crippen LogP) is 1.81. The Labute approximate surface area is 67.0 Å². The molecule has 0 aromatic heterocycles. The molecule has 0 spiro atoms. The van der Waals surface area contributed by atoms with Crippen LogP contribution in [0, 0.1) is 0 Å². The largest absolute Gasteiger partial charge is 0.442 e. The fourth-order valence-electron chi connectivity index (χ4n) is 0.993. The molecular formula is C7H7F3O2. The van der Waals surface area contributed by atoms with Crippen molar-refractivity contribution >= 4 is 5.97 Å². The van der Waals surface area contributed by atoms with Crippen molar-refractivity contribution in [1.82, 2.24) is 0 Å². The van der Waals surface area contributed by atoms with E-state index in [9.17, 15) is 18.0 Å². The van der Waals surface area contributed by atoms with Crippen LogP contribution in [0.15, 0.2) is 12.2 Å². The third kappa shape index (κ3) is 1.19. The first-order valence-corrected chi connectivity index (χ1v) is 3.40. The maximum atomic E-state index is 12.3. The molecule has 12 heavy (non-hydrogen) atoms. The van der Waals surface area contributed by atoms with E-state index >= 15 is 0 Å². The molecule has 0 aliphatic carbocycles. The normalized spacial score (nSPS) is 29.2. The van der Waals surface area contributed by atoms with E-state index in [4.69, 9.17) is 0 Å². The highest BCUT2D eigenvalue weighted by Gasteiger charge is 2.57. The van der Waals surface area contributed by atoms with Crippen LogP contribution in [0.5, 0.6) is 0 Å². The van der Waals surface area contributed by atoms with Gasteiger partial charge in [-0.1, -0.05) is 6.92 Å².